The Hall–Kier alpha value is -1.26. The van der Waals surface area contributed by atoms with Crippen molar-refractivity contribution in [1.29, 1.82) is 0 Å². The van der Waals surface area contributed by atoms with Crippen molar-refractivity contribution in [2.75, 3.05) is 6.54 Å². The molecule has 2 aromatic rings. The quantitative estimate of drug-likeness (QED) is 0.864. The summed E-state index contributed by atoms with van der Waals surface area (Å²) in [5.74, 6) is 1.82. The smallest absolute Gasteiger partial charge is 0.113 e. The Morgan fingerprint density at radius 1 is 1.38 bits per heavy atom. The molecule has 0 fully saturated rings. The van der Waals surface area contributed by atoms with Gasteiger partial charge in [-0.05, 0) is 23.8 Å². The molecule has 1 atom stereocenters. The lowest BCUT2D eigenvalue weighted by Crippen LogP contribution is -2.09. The first-order valence-corrected chi connectivity index (χ1v) is 6.19. The Labute approximate surface area is 99.1 Å². The maximum absolute atomic E-state index is 5.77. The van der Waals surface area contributed by atoms with Gasteiger partial charge in [0, 0.05) is 24.2 Å². The first-order valence-electron chi connectivity index (χ1n) is 5.14. The van der Waals surface area contributed by atoms with Crippen LogP contribution in [0.5, 0.6) is 0 Å². The van der Waals surface area contributed by atoms with Crippen molar-refractivity contribution in [2.45, 2.75) is 11.0 Å². The maximum atomic E-state index is 5.77. The van der Waals surface area contributed by atoms with Crippen LogP contribution in [0.1, 0.15) is 16.6 Å². The molecule has 16 heavy (non-hydrogen) atoms. The van der Waals surface area contributed by atoms with Crippen molar-refractivity contribution in [3.63, 3.8) is 0 Å². The van der Waals surface area contributed by atoms with E-state index in [9.17, 15) is 0 Å². The van der Waals surface area contributed by atoms with Gasteiger partial charge in [-0.2, -0.15) is 0 Å². The zero-order valence-electron chi connectivity index (χ0n) is 8.87. The van der Waals surface area contributed by atoms with Crippen molar-refractivity contribution in [2.24, 2.45) is 5.73 Å². The van der Waals surface area contributed by atoms with Crippen LogP contribution in [0.3, 0.4) is 0 Å². The van der Waals surface area contributed by atoms with E-state index in [1.807, 2.05) is 24.4 Å². The minimum atomic E-state index is 0.277. The van der Waals surface area contributed by atoms with E-state index >= 15 is 0 Å². The molecule has 4 heteroatoms. The van der Waals surface area contributed by atoms with E-state index in [1.165, 1.54) is 5.56 Å². The molecule has 0 aliphatic carbocycles. The monoisotopic (exact) mass is 234 g/mol. The Balaban J connectivity index is 1.96. The Morgan fingerprint density at radius 2 is 2.31 bits per heavy atom. The van der Waals surface area contributed by atoms with Gasteiger partial charge in [0.25, 0.3) is 0 Å². The second-order valence-electron chi connectivity index (χ2n) is 3.40. The highest BCUT2D eigenvalue weighted by Gasteiger charge is 2.10. The average molecular weight is 234 g/mol. The van der Waals surface area contributed by atoms with Gasteiger partial charge in [0.15, 0.2) is 0 Å². The molecule has 0 bridgehead atoms. The van der Waals surface area contributed by atoms with Crippen LogP contribution < -0.4 is 5.73 Å². The van der Waals surface area contributed by atoms with Crippen molar-refractivity contribution < 1.29 is 4.42 Å². The number of furan rings is 1. The van der Waals surface area contributed by atoms with Crippen molar-refractivity contribution >= 4 is 11.8 Å². The summed E-state index contributed by atoms with van der Waals surface area (Å²) >= 11 is 1.77. The number of nitrogens with zero attached hydrogens (tertiary/aromatic N) is 1. The van der Waals surface area contributed by atoms with Crippen molar-refractivity contribution in [3.8, 4) is 0 Å². The molecule has 2 aromatic heterocycles. The number of hydrogen-bond donors (Lipinski definition) is 1. The molecule has 0 aromatic carbocycles. The molecular formula is C12H14N2OS. The van der Waals surface area contributed by atoms with E-state index in [4.69, 9.17) is 10.2 Å². The summed E-state index contributed by atoms with van der Waals surface area (Å²) in [5, 5.41) is 0.277. The number of nitrogens with two attached hydrogens (primary N) is 1. The third kappa shape index (κ3) is 2.87. The molecule has 2 rings (SSSR count). The fourth-order valence-electron chi connectivity index (χ4n) is 1.44. The molecule has 0 radical (unpaired) electrons. The van der Waals surface area contributed by atoms with Crippen LogP contribution in [0.15, 0.2) is 47.3 Å². The van der Waals surface area contributed by atoms with Gasteiger partial charge in [0.05, 0.1) is 12.0 Å². The lowest BCUT2D eigenvalue weighted by atomic mass is 10.2. The number of pyridine rings is 1. The topological polar surface area (TPSA) is 52.0 Å². The van der Waals surface area contributed by atoms with Crippen molar-refractivity contribution in [3.05, 3.63) is 54.2 Å². The predicted molar refractivity (Wildman–Crippen MR) is 66.0 cm³/mol. The van der Waals surface area contributed by atoms with Crippen LogP contribution in [0.4, 0.5) is 0 Å². The molecule has 2 heterocycles. The molecule has 0 saturated heterocycles. The number of aromatic nitrogens is 1. The maximum Gasteiger partial charge on any atom is 0.113 e. The van der Waals surface area contributed by atoms with Gasteiger partial charge >= 0.3 is 0 Å². The van der Waals surface area contributed by atoms with Crippen LogP contribution in [0.25, 0.3) is 0 Å². The van der Waals surface area contributed by atoms with Crippen LogP contribution in [-0.4, -0.2) is 11.5 Å². The highest BCUT2D eigenvalue weighted by atomic mass is 32.2. The summed E-state index contributed by atoms with van der Waals surface area (Å²) in [6.45, 7) is 0.608. The molecule has 84 valence electrons. The summed E-state index contributed by atoms with van der Waals surface area (Å²) in [4.78, 5) is 4.11. The van der Waals surface area contributed by atoms with E-state index in [-0.39, 0.29) is 5.25 Å². The molecule has 0 saturated carbocycles. The fraction of sp³-hybridized carbons (Fsp3) is 0.250. The minimum absolute atomic E-state index is 0.277. The molecule has 1 unspecified atom stereocenters. The van der Waals surface area contributed by atoms with Crippen LogP contribution in [-0.2, 0) is 5.75 Å². The summed E-state index contributed by atoms with van der Waals surface area (Å²) in [5.41, 5.74) is 6.93. The lowest BCUT2D eigenvalue weighted by molar-refractivity contribution is 0.530. The van der Waals surface area contributed by atoms with Gasteiger partial charge in [-0.15, -0.1) is 11.8 Å². The lowest BCUT2D eigenvalue weighted by Gasteiger charge is -2.13. The highest BCUT2D eigenvalue weighted by Crippen LogP contribution is 2.30. The van der Waals surface area contributed by atoms with E-state index in [1.54, 1.807) is 24.2 Å². The van der Waals surface area contributed by atoms with Gasteiger partial charge in [0.1, 0.15) is 5.76 Å². The van der Waals surface area contributed by atoms with E-state index < -0.39 is 0 Å². The Kier molecular flexibility index (Phi) is 4.02. The van der Waals surface area contributed by atoms with Crippen LogP contribution >= 0.6 is 11.8 Å². The number of hydrogen-bond acceptors (Lipinski definition) is 4. The second-order valence-corrected chi connectivity index (χ2v) is 4.59. The zero-order valence-corrected chi connectivity index (χ0v) is 9.69. The Morgan fingerprint density at radius 3 is 2.94 bits per heavy atom. The highest BCUT2D eigenvalue weighted by molar-refractivity contribution is 7.98. The number of thioether (sulfide) groups is 1. The molecule has 0 amide bonds. The SMILES string of the molecule is NCC(SCc1ccco1)c1cccnc1. The molecule has 0 spiro atoms. The average Bonchev–Trinajstić information content (AvgIpc) is 2.84. The first kappa shape index (κ1) is 11.2. The third-order valence-electron chi connectivity index (χ3n) is 2.28. The predicted octanol–water partition coefficient (Wildman–Crippen LogP) is 2.61. The normalized spacial score (nSPS) is 12.6. The van der Waals surface area contributed by atoms with Gasteiger partial charge < -0.3 is 10.2 Å². The van der Waals surface area contributed by atoms with Gasteiger partial charge in [-0.3, -0.25) is 4.98 Å². The zero-order chi connectivity index (χ0) is 11.2. The molecule has 3 nitrogen and oxygen atoms in total. The fourth-order valence-corrected chi connectivity index (χ4v) is 2.44. The minimum Gasteiger partial charge on any atom is -0.468 e. The van der Waals surface area contributed by atoms with Gasteiger partial charge in [-0.1, -0.05) is 6.07 Å². The largest absolute Gasteiger partial charge is 0.468 e. The summed E-state index contributed by atoms with van der Waals surface area (Å²) < 4.78 is 5.29. The van der Waals surface area contributed by atoms with E-state index in [2.05, 4.69) is 11.1 Å². The van der Waals surface area contributed by atoms with E-state index in [0.29, 0.717) is 6.54 Å². The molecule has 2 N–H and O–H groups in total. The van der Waals surface area contributed by atoms with Gasteiger partial charge in [0.2, 0.25) is 0 Å². The third-order valence-corrected chi connectivity index (χ3v) is 3.60. The number of rotatable bonds is 5. The standard InChI is InChI=1S/C12H14N2OS/c13-7-12(10-3-1-5-14-8-10)16-9-11-4-2-6-15-11/h1-6,8,12H,7,9,13H2. The molecule has 0 aliphatic heterocycles. The van der Waals surface area contributed by atoms with Crippen LogP contribution in [0.2, 0.25) is 0 Å². The summed E-state index contributed by atoms with van der Waals surface area (Å²) in [6, 6.07) is 7.87. The summed E-state index contributed by atoms with van der Waals surface area (Å²) in [7, 11) is 0. The molecular weight excluding hydrogens is 220 g/mol. The van der Waals surface area contributed by atoms with Crippen LogP contribution in [0, 0.1) is 0 Å². The second kappa shape index (κ2) is 5.72. The van der Waals surface area contributed by atoms with Crippen molar-refractivity contribution in [1.82, 2.24) is 4.98 Å². The molecule has 0 aliphatic rings. The van der Waals surface area contributed by atoms with E-state index in [0.717, 1.165) is 11.5 Å². The first-order chi connectivity index (χ1) is 7.90. The Bertz CT molecular complexity index is 402. The van der Waals surface area contributed by atoms with Gasteiger partial charge in [-0.25, -0.2) is 0 Å². The summed E-state index contributed by atoms with van der Waals surface area (Å²) in [6.07, 6.45) is 5.33.